The highest BCUT2D eigenvalue weighted by Crippen LogP contribution is 2.30. The largest absolute Gasteiger partial charge is 0.379 e. The molecule has 1 aromatic heterocycles. The first-order valence-electron chi connectivity index (χ1n) is 8.80. The Balaban J connectivity index is 1.35. The van der Waals surface area contributed by atoms with Gasteiger partial charge in [0.15, 0.2) is 0 Å². The fraction of sp³-hybridized carbons (Fsp3) is 0.556. The van der Waals surface area contributed by atoms with Crippen LogP contribution in [0.4, 0.5) is 0 Å². The van der Waals surface area contributed by atoms with Crippen LogP contribution >= 0.6 is 11.6 Å². The summed E-state index contributed by atoms with van der Waals surface area (Å²) >= 11 is 5.98. The highest BCUT2D eigenvalue weighted by molar-refractivity contribution is 6.31. The van der Waals surface area contributed by atoms with E-state index in [1.54, 1.807) is 6.07 Å². The van der Waals surface area contributed by atoms with Gasteiger partial charge in [0.1, 0.15) is 5.82 Å². The average Bonchev–Trinajstić information content (AvgIpc) is 3.33. The molecule has 2 aromatic rings. The third kappa shape index (κ3) is 4.32. The first-order chi connectivity index (χ1) is 12.2. The van der Waals surface area contributed by atoms with Gasteiger partial charge in [0.25, 0.3) is 0 Å². The minimum atomic E-state index is -0.0983. The van der Waals surface area contributed by atoms with Gasteiger partial charge in [-0.3, -0.25) is 4.79 Å². The van der Waals surface area contributed by atoms with Crippen molar-refractivity contribution in [3.63, 3.8) is 0 Å². The van der Waals surface area contributed by atoms with Gasteiger partial charge in [-0.15, -0.1) is 0 Å². The number of nitrogens with zero attached hydrogens (tertiary/aromatic N) is 1. The van der Waals surface area contributed by atoms with E-state index in [4.69, 9.17) is 21.1 Å². The van der Waals surface area contributed by atoms with Crippen molar-refractivity contribution in [2.75, 3.05) is 19.8 Å². The van der Waals surface area contributed by atoms with Crippen LogP contribution in [0.15, 0.2) is 18.2 Å². The lowest BCUT2D eigenvalue weighted by Crippen LogP contribution is -2.51. The van der Waals surface area contributed by atoms with Crippen LogP contribution in [0.2, 0.25) is 5.02 Å². The number of ether oxygens (including phenoxy) is 2. The normalized spacial score (nSPS) is 23.7. The van der Waals surface area contributed by atoms with Crippen LogP contribution in [-0.2, 0) is 20.7 Å². The van der Waals surface area contributed by atoms with Crippen molar-refractivity contribution < 1.29 is 14.3 Å². The lowest BCUT2D eigenvalue weighted by Gasteiger charge is -2.32. The number of nitrogens with one attached hydrogen (secondary N) is 2. The van der Waals surface area contributed by atoms with Gasteiger partial charge in [-0.25, -0.2) is 4.98 Å². The van der Waals surface area contributed by atoms with Crippen molar-refractivity contribution in [3.05, 3.63) is 29.0 Å². The number of fused-ring (bicyclic) bond motifs is 1. The average molecular weight is 364 g/mol. The van der Waals surface area contributed by atoms with Crippen LogP contribution in [-0.4, -0.2) is 47.8 Å². The number of benzene rings is 1. The predicted octanol–water partition coefficient (Wildman–Crippen LogP) is 2.46. The quantitative estimate of drug-likeness (QED) is 0.826. The van der Waals surface area contributed by atoms with E-state index in [-0.39, 0.29) is 24.5 Å². The molecule has 1 aromatic carbocycles. The molecule has 1 amide bonds. The zero-order chi connectivity index (χ0) is 17.2. The Morgan fingerprint density at radius 3 is 3.12 bits per heavy atom. The van der Waals surface area contributed by atoms with Gasteiger partial charge in [0.2, 0.25) is 5.91 Å². The number of amides is 1. The summed E-state index contributed by atoms with van der Waals surface area (Å²) < 4.78 is 11.5. The summed E-state index contributed by atoms with van der Waals surface area (Å²) in [6.45, 7) is 1.98. The molecule has 1 saturated carbocycles. The number of hydrogen-bond acceptors (Lipinski definition) is 4. The zero-order valence-electron chi connectivity index (χ0n) is 14.0. The van der Waals surface area contributed by atoms with Crippen LogP contribution in [0.3, 0.4) is 0 Å². The number of rotatable bonds is 6. The highest BCUT2D eigenvalue weighted by atomic mass is 35.5. The molecular formula is C18H22ClN3O3. The lowest BCUT2D eigenvalue weighted by molar-refractivity contribution is -0.125. The summed E-state index contributed by atoms with van der Waals surface area (Å²) in [6.07, 6.45) is 3.57. The van der Waals surface area contributed by atoms with Gasteiger partial charge in [0, 0.05) is 18.2 Å². The second-order valence-electron chi connectivity index (χ2n) is 6.87. The molecule has 2 atom stereocenters. The second-order valence-corrected chi connectivity index (χ2v) is 7.31. The van der Waals surface area contributed by atoms with Crippen molar-refractivity contribution in [2.24, 2.45) is 5.92 Å². The Labute approximate surface area is 151 Å². The number of halogens is 1. The molecular weight excluding hydrogens is 342 g/mol. The molecule has 1 saturated heterocycles. The number of aromatic nitrogens is 2. The summed E-state index contributed by atoms with van der Waals surface area (Å²) in [5, 5.41) is 3.68. The summed E-state index contributed by atoms with van der Waals surface area (Å²) in [6, 6.07) is 5.34. The first kappa shape index (κ1) is 16.8. The Morgan fingerprint density at radius 1 is 1.40 bits per heavy atom. The molecule has 2 heterocycles. The number of hydrogen-bond donors (Lipinski definition) is 2. The molecule has 25 heavy (non-hydrogen) atoms. The van der Waals surface area contributed by atoms with Gasteiger partial charge >= 0.3 is 0 Å². The molecule has 0 bridgehead atoms. The number of carbonyl (C=O) groups excluding carboxylic acids is 1. The van der Waals surface area contributed by atoms with E-state index in [2.05, 4.69) is 15.3 Å². The maximum Gasteiger partial charge on any atom is 0.227 e. The third-order valence-corrected chi connectivity index (χ3v) is 4.94. The van der Waals surface area contributed by atoms with E-state index in [1.165, 1.54) is 12.8 Å². The Kier molecular flexibility index (Phi) is 4.92. The smallest absolute Gasteiger partial charge is 0.227 e. The summed E-state index contributed by atoms with van der Waals surface area (Å²) in [5.41, 5.74) is 1.64. The van der Waals surface area contributed by atoms with Crippen molar-refractivity contribution in [1.29, 1.82) is 0 Å². The van der Waals surface area contributed by atoms with Crippen LogP contribution < -0.4 is 5.32 Å². The van der Waals surface area contributed by atoms with Gasteiger partial charge in [-0.1, -0.05) is 11.6 Å². The molecule has 6 nitrogen and oxygen atoms in total. The SMILES string of the molecule is O=C(Cc1nc2ccc(Cl)cc2[nH]1)N[C@@H]1COCC[C@@H]1OCC1CC1. The van der Waals surface area contributed by atoms with Crippen molar-refractivity contribution in [2.45, 2.75) is 37.8 Å². The van der Waals surface area contributed by atoms with Gasteiger partial charge < -0.3 is 19.8 Å². The van der Waals surface area contributed by atoms with Crippen LogP contribution in [0.5, 0.6) is 0 Å². The number of H-pyrrole nitrogens is 1. The first-order valence-corrected chi connectivity index (χ1v) is 9.18. The van der Waals surface area contributed by atoms with Crippen LogP contribution in [0.1, 0.15) is 25.1 Å². The summed E-state index contributed by atoms with van der Waals surface area (Å²) in [4.78, 5) is 20.0. The molecule has 1 aliphatic carbocycles. The maximum absolute atomic E-state index is 12.4. The molecule has 2 aliphatic rings. The van der Waals surface area contributed by atoms with E-state index < -0.39 is 0 Å². The molecule has 7 heteroatoms. The summed E-state index contributed by atoms with van der Waals surface area (Å²) in [5.74, 6) is 1.25. The number of aromatic amines is 1. The van der Waals surface area contributed by atoms with Gasteiger partial charge in [-0.2, -0.15) is 0 Å². The number of imidazole rings is 1. The van der Waals surface area contributed by atoms with Gasteiger partial charge in [0.05, 0.1) is 36.2 Å². The molecule has 1 aliphatic heterocycles. The van der Waals surface area contributed by atoms with Crippen molar-refractivity contribution >= 4 is 28.5 Å². The Bertz CT molecular complexity index is 759. The monoisotopic (exact) mass is 363 g/mol. The van der Waals surface area contributed by atoms with Crippen molar-refractivity contribution in [1.82, 2.24) is 15.3 Å². The van der Waals surface area contributed by atoms with E-state index in [0.29, 0.717) is 30.0 Å². The lowest BCUT2D eigenvalue weighted by atomic mass is 10.1. The maximum atomic E-state index is 12.4. The minimum Gasteiger partial charge on any atom is -0.379 e. The topological polar surface area (TPSA) is 76.2 Å². The molecule has 0 unspecified atom stereocenters. The number of carbonyl (C=O) groups is 1. The standard InChI is InChI=1S/C18H22ClN3O3/c19-12-3-4-13-14(7-12)21-17(20-13)8-18(23)22-15-10-24-6-5-16(15)25-9-11-1-2-11/h3-4,7,11,15-16H,1-2,5-6,8-10H2,(H,20,21)(H,22,23)/t15-,16+/m1/s1. The molecule has 2 fully saturated rings. The van der Waals surface area contributed by atoms with E-state index in [1.807, 2.05) is 12.1 Å². The van der Waals surface area contributed by atoms with Gasteiger partial charge in [-0.05, 0) is 43.4 Å². The predicted molar refractivity (Wildman–Crippen MR) is 94.6 cm³/mol. The molecule has 134 valence electrons. The minimum absolute atomic E-state index is 0.0350. The van der Waals surface area contributed by atoms with Crippen LogP contribution in [0.25, 0.3) is 11.0 Å². The molecule has 0 radical (unpaired) electrons. The van der Waals surface area contributed by atoms with Crippen molar-refractivity contribution in [3.8, 4) is 0 Å². The fourth-order valence-corrected chi connectivity index (χ4v) is 3.30. The zero-order valence-corrected chi connectivity index (χ0v) is 14.7. The molecule has 4 rings (SSSR count). The van der Waals surface area contributed by atoms with E-state index in [9.17, 15) is 4.79 Å². The third-order valence-electron chi connectivity index (χ3n) is 4.70. The van der Waals surface area contributed by atoms with E-state index in [0.717, 1.165) is 24.1 Å². The fourth-order valence-electron chi connectivity index (χ4n) is 3.12. The Morgan fingerprint density at radius 2 is 2.28 bits per heavy atom. The molecule has 0 spiro atoms. The second kappa shape index (κ2) is 7.32. The highest BCUT2D eigenvalue weighted by Gasteiger charge is 2.30. The summed E-state index contributed by atoms with van der Waals surface area (Å²) in [7, 11) is 0. The Hall–Kier alpha value is -1.63. The van der Waals surface area contributed by atoms with E-state index >= 15 is 0 Å². The molecule has 2 N–H and O–H groups in total. The van der Waals surface area contributed by atoms with Crippen LogP contribution in [0, 0.1) is 5.92 Å².